The molecule has 0 aromatic heterocycles. The van der Waals surface area contributed by atoms with E-state index in [9.17, 15) is 9.59 Å². The molecule has 114 valence electrons. The summed E-state index contributed by atoms with van der Waals surface area (Å²) in [6, 6.07) is 4.52. The number of carbonyl (C=O) groups excluding carboxylic acids is 1. The first kappa shape index (κ1) is 15.8. The van der Waals surface area contributed by atoms with Gasteiger partial charge < -0.3 is 20.1 Å². The minimum atomic E-state index is -1.05. The second-order valence-electron chi connectivity index (χ2n) is 4.76. The van der Waals surface area contributed by atoms with Gasteiger partial charge in [0, 0.05) is 16.7 Å². The molecular weight excluding hydrogens is 340 g/mol. The molecule has 1 atom stereocenters. The Labute approximate surface area is 131 Å². The highest BCUT2D eigenvalue weighted by Crippen LogP contribution is 2.22. The summed E-state index contributed by atoms with van der Waals surface area (Å²) >= 11 is 3.17. The highest BCUT2D eigenvalue weighted by molar-refractivity contribution is 9.10. The fourth-order valence-electron chi connectivity index (χ4n) is 2.22. The zero-order valence-electron chi connectivity index (χ0n) is 11.6. The summed E-state index contributed by atoms with van der Waals surface area (Å²) in [5.41, 5.74) is 0.573. The number of aromatic carboxylic acids is 1. The van der Waals surface area contributed by atoms with Crippen molar-refractivity contribution in [3.05, 3.63) is 28.2 Å². The molecular formula is C14H17BrN2O4. The Morgan fingerprint density at radius 1 is 1.52 bits per heavy atom. The Bertz CT molecular complexity index is 550. The number of amides is 2. The molecule has 7 heteroatoms. The van der Waals surface area contributed by atoms with E-state index < -0.39 is 5.97 Å². The predicted molar refractivity (Wildman–Crippen MR) is 81.7 cm³/mol. The standard InChI is InChI=1S/C14H17BrN2O4/c1-2-10-8-21-6-5-17(10)14(20)16-9-3-4-12(15)11(7-9)13(18)19/h3-4,7,10H,2,5-6,8H2,1H3,(H,16,20)(H,18,19). The monoisotopic (exact) mass is 356 g/mol. The van der Waals surface area contributed by atoms with Crippen molar-refractivity contribution in [2.24, 2.45) is 0 Å². The first-order valence-electron chi connectivity index (χ1n) is 6.71. The minimum Gasteiger partial charge on any atom is -0.478 e. The van der Waals surface area contributed by atoms with Gasteiger partial charge in [0.05, 0.1) is 24.8 Å². The fourth-order valence-corrected chi connectivity index (χ4v) is 2.64. The number of carbonyl (C=O) groups is 2. The third-order valence-corrected chi connectivity index (χ3v) is 4.10. The second-order valence-corrected chi connectivity index (χ2v) is 5.61. The van der Waals surface area contributed by atoms with Gasteiger partial charge in [-0.25, -0.2) is 9.59 Å². The number of hydrogen-bond acceptors (Lipinski definition) is 3. The van der Waals surface area contributed by atoms with Gasteiger partial charge in [-0.15, -0.1) is 0 Å². The molecule has 1 unspecified atom stereocenters. The maximum Gasteiger partial charge on any atom is 0.336 e. The van der Waals surface area contributed by atoms with Gasteiger partial charge in [0.2, 0.25) is 0 Å². The minimum absolute atomic E-state index is 0.0492. The summed E-state index contributed by atoms with van der Waals surface area (Å²) in [6.45, 7) is 3.59. The molecule has 1 saturated heterocycles. The normalized spacial score (nSPS) is 18.4. The van der Waals surface area contributed by atoms with E-state index in [1.54, 1.807) is 17.0 Å². The first-order valence-corrected chi connectivity index (χ1v) is 7.50. The third-order valence-electron chi connectivity index (χ3n) is 3.41. The number of nitrogens with one attached hydrogen (secondary N) is 1. The average Bonchev–Trinajstić information content (AvgIpc) is 2.48. The van der Waals surface area contributed by atoms with E-state index in [2.05, 4.69) is 21.2 Å². The lowest BCUT2D eigenvalue weighted by atomic mass is 10.2. The van der Waals surface area contributed by atoms with E-state index in [1.807, 2.05) is 6.92 Å². The highest BCUT2D eigenvalue weighted by atomic mass is 79.9. The molecule has 1 aliphatic heterocycles. The summed E-state index contributed by atoms with van der Waals surface area (Å²) in [4.78, 5) is 25.1. The number of anilines is 1. The summed E-state index contributed by atoms with van der Waals surface area (Å²) in [6.07, 6.45) is 0.814. The van der Waals surface area contributed by atoms with Gasteiger partial charge in [-0.2, -0.15) is 0 Å². The van der Waals surface area contributed by atoms with Gasteiger partial charge in [0.25, 0.3) is 0 Å². The Balaban J connectivity index is 2.12. The lowest BCUT2D eigenvalue weighted by Gasteiger charge is -2.35. The van der Waals surface area contributed by atoms with Crippen molar-refractivity contribution >= 4 is 33.6 Å². The van der Waals surface area contributed by atoms with Crippen molar-refractivity contribution in [1.82, 2.24) is 4.90 Å². The number of ether oxygens (including phenoxy) is 1. The van der Waals surface area contributed by atoms with Gasteiger partial charge in [0.1, 0.15) is 0 Å². The molecule has 1 aromatic carbocycles. The quantitative estimate of drug-likeness (QED) is 0.872. The molecule has 0 aliphatic carbocycles. The fraction of sp³-hybridized carbons (Fsp3) is 0.429. The Morgan fingerprint density at radius 2 is 2.29 bits per heavy atom. The number of benzene rings is 1. The molecule has 1 heterocycles. The van der Waals surface area contributed by atoms with Crippen LogP contribution in [0.4, 0.5) is 10.5 Å². The Kier molecular flexibility index (Phi) is 5.19. The van der Waals surface area contributed by atoms with Crippen LogP contribution >= 0.6 is 15.9 Å². The molecule has 1 aliphatic rings. The molecule has 0 spiro atoms. The van der Waals surface area contributed by atoms with Gasteiger partial charge in [-0.1, -0.05) is 6.92 Å². The summed E-state index contributed by atoms with van der Waals surface area (Å²) < 4.78 is 5.84. The number of morpholine rings is 1. The Hall–Kier alpha value is -1.60. The van der Waals surface area contributed by atoms with Crippen molar-refractivity contribution in [2.75, 3.05) is 25.1 Å². The molecule has 1 fully saturated rings. The summed E-state index contributed by atoms with van der Waals surface area (Å²) in [7, 11) is 0. The summed E-state index contributed by atoms with van der Waals surface area (Å²) in [5.74, 6) is -1.05. The van der Waals surface area contributed by atoms with Crippen LogP contribution in [0.1, 0.15) is 23.7 Å². The van der Waals surface area contributed by atoms with Crippen LogP contribution in [0.25, 0.3) is 0 Å². The van der Waals surface area contributed by atoms with Gasteiger partial charge >= 0.3 is 12.0 Å². The van der Waals surface area contributed by atoms with E-state index in [0.717, 1.165) is 6.42 Å². The molecule has 2 amide bonds. The maximum atomic E-state index is 12.3. The van der Waals surface area contributed by atoms with Gasteiger partial charge in [-0.05, 0) is 40.5 Å². The number of nitrogens with zero attached hydrogens (tertiary/aromatic N) is 1. The van der Waals surface area contributed by atoms with Gasteiger partial charge in [-0.3, -0.25) is 0 Å². The van der Waals surface area contributed by atoms with Crippen LogP contribution in [-0.2, 0) is 4.74 Å². The Morgan fingerprint density at radius 3 is 2.95 bits per heavy atom. The number of halogens is 1. The largest absolute Gasteiger partial charge is 0.478 e. The highest BCUT2D eigenvalue weighted by Gasteiger charge is 2.26. The lowest BCUT2D eigenvalue weighted by molar-refractivity contribution is 0.0144. The van der Waals surface area contributed by atoms with E-state index in [1.165, 1.54) is 6.07 Å². The van der Waals surface area contributed by atoms with Crippen molar-refractivity contribution < 1.29 is 19.4 Å². The molecule has 2 N–H and O–H groups in total. The zero-order chi connectivity index (χ0) is 15.4. The molecule has 1 aromatic rings. The van der Waals surface area contributed by atoms with E-state index in [0.29, 0.717) is 29.9 Å². The molecule has 2 rings (SSSR count). The third kappa shape index (κ3) is 3.74. The van der Waals surface area contributed by atoms with Crippen LogP contribution in [0.5, 0.6) is 0 Å². The number of rotatable bonds is 3. The lowest BCUT2D eigenvalue weighted by Crippen LogP contribution is -2.50. The van der Waals surface area contributed by atoms with Gasteiger partial charge in [0.15, 0.2) is 0 Å². The van der Waals surface area contributed by atoms with E-state index in [4.69, 9.17) is 9.84 Å². The van der Waals surface area contributed by atoms with E-state index in [-0.39, 0.29) is 17.6 Å². The second kappa shape index (κ2) is 6.91. The molecule has 6 nitrogen and oxygen atoms in total. The zero-order valence-corrected chi connectivity index (χ0v) is 13.2. The van der Waals surface area contributed by atoms with Crippen molar-refractivity contribution in [3.8, 4) is 0 Å². The molecule has 0 radical (unpaired) electrons. The van der Waals surface area contributed by atoms with Crippen molar-refractivity contribution in [1.29, 1.82) is 0 Å². The van der Waals surface area contributed by atoms with Crippen LogP contribution in [0.15, 0.2) is 22.7 Å². The molecule has 0 saturated carbocycles. The maximum absolute atomic E-state index is 12.3. The van der Waals surface area contributed by atoms with E-state index >= 15 is 0 Å². The SMILES string of the molecule is CCC1COCCN1C(=O)Nc1ccc(Br)c(C(=O)O)c1. The van der Waals surface area contributed by atoms with Crippen LogP contribution < -0.4 is 5.32 Å². The van der Waals surface area contributed by atoms with Crippen LogP contribution in [0, 0.1) is 0 Å². The number of carboxylic acids is 1. The van der Waals surface area contributed by atoms with Crippen molar-refractivity contribution in [2.45, 2.75) is 19.4 Å². The number of carboxylic acid groups (broad SMARTS) is 1. The van der Waals surface area contributed by atoms with Crippen LogP contribution in [0.2, 0.25) is 0 Å². The smallest absolute Gasteiger partial charge is 0.336 e. The predicted octanol–water partition coefficient (Wildman–Crippen LogP) is 2.79. The summed E-state index contributed by atoms with van der Waals surface area (Å²) in [5, 5.41) is 11.8. The topological polar surface area (TPSA) is 78.9 Å². The molecule has 0 bridgehead atoms. The average molecular weight is 357 g/mol. The van der Waals surface area contributed by atoms with Crippen LogP contribution in [0.3, 0.4) is 0 Å². The first-order chi connectivity index (χ1) is 10.0. The molecule has 21 heavy (non-hydrogen) atoms. The van der Waals surface area contributed by atoms with Crippen molar-refractivity contribution in [3.63, 3.8) is 0 Å². The number of urea groups is 1. The number of hydrogen-bond donors (Lipinski definition) is 2. The van der Waals surface area contributed by atoms with Crippen LogP contribution in [-0.4, -0.2) is 47.8 Å².